The van der Waals surface area contributed by atoms with Gasteiger partial charge in [-0.2, -0.15) is 13.2 Å². The molecule has 0 spiro atoms. The maximum absolute atomic E-state index is 12.9. The number of alkyl halides is 3. The summed E-state index contributed by atoms with van der Waals surface area (Å²) in [6.07, 6.45) is -0.322. The fraction of sp³-hybridized carbons (Fsp3) is 0.333. The summed E-state index contributed by atoms with van der Waals surface area (Å²) in [5.41, 5.74) is -0.183. The standard InChI is InChI=1S/C21H23F3N4OS.HI/c1-15(19-25-9-11-30-19)13-27-20(26-8-7-18-6-3-10-29-18)28-14-16-4-2-5-17(12-16)21(22,23)24;/h2-6,9-12,15H,7-8,13-14H2,1H3,(H2,26,27,28);1H. The molecule has 168 valence electrons. The van der Waals surface area contributed by atoms with Gasteiger partial charge in [0.2, 0.25) is 0 Å². The molecule has 3 rings (SSSR count). The Hall–Kier alpha value is -2.08. The number of furan rings is 1. The van der Waals surface area contributed by atoms with Crippen LogP contribution in [0, 0.1) is 0 Å². The van der Waals surface area contributed by atoms with Crippen LogP contribution in [-0.4, -0.2) is 24.0 Å². The molecule has 0 aliphatic rings. The number of nitrogens with one attached hydrogen (secondary N) is 2. The third-order valence-corrected chi connectivity index (χ3v) is 5.37. The minimum absolute atomic E-state index is 0. The summed E-state index contributed by atoms with van der Waals surface area (Å²) >= 11 is 1.58. The zero-order valence-electron chi connectivity index (χ0n) is 16.9. The lowest BCUT2D eigenvalue weighted by Gasteiger charge is -2.15. The molecule has 1 unspecified atom stereocenters. The molecule has 1 aromatic carbocycles. The minimum atomic E-state index is -4.37. The van der Waals surface area contributed by atoms with E-state index in [4.69, 9.17) is 4.42 Å². The van der Waals surface area contributed by atoms with Crippen molar-refractivity contribution in [3.8, 4) is 0 Å². The smallest absolute Gasteiger partial charge is 0.416 e. The van der Waals surface area contributed by atoms with Gasteiger partial charge in [0.15, 0.2) is 5.96 Å². The Balaban J connectivity index is 0.00000341. The molecule has 0 aliphatic carbocycles. The van der Waals surface area contributed by atoms with Crippen molar-refractivity contribution in [2.24, 2.45) is 4.99 Å². The van der Waals surface area contributed by atoms with Crippen LogP contribution in [0.25, 0.3) is 0 Å². The SMILES string of the molecule is CC(CNC(=NCc1cccc(C(F)(F)F)c1)NCCc1ccco1)c1nccs1.I. The molecule has 0 amide bonds. The second-order valence-corrected chi connectivity index (χ2v) is 7.70. The fourth-order valence-electron chi connectivity index (χ4n) is 2.76. The van der Waals surface area contributed by atoms with Gasteiger partial charge in [0.05, 0.1) is 23.4 Å². The molecule has 2 N–H and O–H groups in total. The lowest BCUT2D eigenvalue weighted by atomic mass is 10.1. The Morgan fingerprint density at radius 1 is 1.23 bits per heavy atom. The van der Waals surface area contributed by atoms with Gasteiger partial charge in [0.1, 0.15) is 5.76 Å². The lowest BCUT2D eigenvalue weighted by Crippen LogP contribution is -2.40. The van der Waals surface area contributed by atoms with Crippen LogP contribution >= 0.6 is 35.3 Å². The van der Waals surface area contributed by atoms with Crippen molar-refractivity contribution in [3.05, 3.63) is 76.1 Å². The summed E-state index contributed by atoms with van der Waals surface area (Å²) in [5, 5.41) is 9.41. The van der Waals surface area contributed by atoms with Crippen molar-refractivity contribution >= 4 is 41.3 Å². The highest BCUT2D eigenvalue weighted by atomic mass is 127. The maximum atomic E-state index is 12.9. The van der Waals surface area contributed by atoms with E-state index in [1.807, 2.05) is 17.5 Å². The van der Waals surface area contributed by atoms with Crippen molar-refractivity contribution in [3.63, 3.8) is 0 Å². The number of guanidine groups is 1. The van der Waals surface area contributed by atoms with Crippen molar-refractivity contribution in [1.29, 1.82) is 0 Å². The zero-order valence-corrected chi connectivity index (χ0v) is 20.0. The first-order valence-corrected chi connectivity index (χ1v) is 10.4. The number of hydrogen-bond acceptors (Lipinski definition) is 4. The first-order valence-electron chi connectivity index (χ1n) is 9.52. The van der Waals surface area contributed by atoms with E-state index in [1.165, 1.54) is 6.07 Å². The molecule has 0 bridgehead atoms. The Morgan fingerprint density at radius 2 is 2.06 bits per heavy atom. The lowest BCUT2D eigenvalue weighted by molar-refractivity contribution is -0.137. The molecule has 0 saturated carbocycles. The van der Waals surface area contributed by atoms with Crippen molar-refractivity contribution in [2.45, 2.75) is 32.0 Å². The van der Waals surface area contributed by atoms with Crippen LogP contribution in [0.4, 0.5) is 13.2 Å². The third kappa shape index (κ3) is 8.17. The van der Waals surface area contributed by atoms with Crippen LogP contribution < -0.4 is 10.6 Å². The van der Waals surface area contributed by atoms with Gasteiger partial charge >= 0.3 is 6.18 Å². The van der Waals surface area contributed by atoms with Crippen LogP contribution in [0.2, 0.25) is 0 Å². The first kappa shape index (κ1) is 25.2. The normalized spacial score (nSPS) is 12.8. The van der Waals surface area contributed by atoms with Gasteiger partial charge in [0.25, 0.3) is 0 Å². The molecular formula is C21H24F3IN4OS. The van der Waals surface area contributed by atoms with Crippen LogP contribution in [0.1, 0.15) is 34.7 Å². The number of aromatic nitrogens is 1. The van der Waals surface area contributed by atoms with E-state index in [1.54, 1.807) is 29.9 Å². The highest BCUT2D eigenvalue weighted by molar-refractivity contribution is 14.0. The molecule has 31 heavy (non-hydrogen) atoms. The number of hydrogen-bond donors (Lipinski definition) is 2. The van der Waals surface area contributed by atoms with E-state index in [2.05, 4.69) is 27.5 Å². The van der Waals surface area contributed by atoms with Gasteiger partial charge < -0.3 is 15.1 Å². The Labute approximate surface area is 200 Å². The summed E-state index contributed by atoms with van der Waals surface area (Å²) in [6.45, 7) is 3.36. The van der Waals surface area contributed by atoms with E-state index in [0.29, 0.717) is 31.0 Å². The summed E-state index contributed by atoms with van der Waals surface area (Å²) in [5.74, 6) is 1.55. The Bertz CT molecular complexity index is 931. The summed E-state index contributed by atoms with van der Waals surface area (Å²) in [6, 6.07) is 8.93. The predicted octanol–water partition coefficient (Wildman–Crippen LogP) is 5.45. The largest absolute Gasteiger partial charge is 0.469 e. The van der Waals surface area contributed by atoms with Gasteiger partial charge in [-0.1, -0.05) is 19.1 Å². The molecule has 5 nitrogen and oxygen atoms in total. The minimum Gasteiger partial charge on any atom is -0.469 e. The first-order chi connectivity index (χ1) is 14.4. The molecule has 2 heterocycles. The molecule has 3 aromatic rings. The van der Waals surface area contributed by atoms with Crippen molar-refractivity contribution in [2.75, 3.05) is 13.1 Å². The molecule has 0 fully saturated rings. The molecule has 10 heteroatoms. The topological polar surface area (TPSA) is 62.5 Å². The number of rotatable bonds is 8. The highest BCUT2D eigenvalue weighted by Gasteiger charge is 2.30. The second-order valence-electron chi connectivity index (χ2n) is 6.77. The quantitative estimate of drug-likeness (QED) is 0.217. The third-order valence-electron chi connectivity index (χ3n) is 4.37. The number of halogens is 4. The summed E-state index contributed by atoms with van der Waals surface area (Å²) in [7, 11) is 0. The Morgan fingerprint density at radius 3 is 2.74 bits per heavy atom. The maximum Gasteiger partial charge on any atom is 0.416 e. The van der Waals surface area contributed by atoms with Gasteiger partial charge in [-0.25, -0.2) is 9.98 Å². The highest BCUT2D eigenvalue weighted by Crippen LogP contribution is 2.29. The number of aliphatic imine (C=N–C) groups is 1. The molecule has 1 atom stereocenters. The van der Waals surface area contributed by atoms with E-state index < -0.39 is 11.7 Å². The van der Waals surface area contributed by atoms with E-state index in [-0.39, 0.29) is 36.4 Å². The average molecular weight is 564 g/mol. The van der Waals surface area contributed by atoms with E-state index in [9.17, 15) is 13.2 Å². The van der Waals surface area contributed by atoms with Gasteiger partial charge in [0, 0.05) is 37.0 Å². The molecule has 0 aliphatic heterocycles. The summed E-state index contributed by atoms with van der Waals surface area (Å²) < 4.78 is 44.1. The van der Waals surface area contributed by atoms with E-state index in [0.717, 1.165) is 22.9 Å². The molecule has 2 aromatic heterocycles. The second kappa shape index (κ2) is 12.1. The fourth-order valence-corrected chi connectivity index (χ4v) is 3.46. The molecule has 0 saturated heterocycles. The van der Waals surface area contributed by atoms with Crippen LogP contribution in [0.3, 0.4) is 0 Å². The van der Waals surface area contributed by atoms with Crippen LogP contribution in [0.5, 0.6) is 0 Å². The van der Waals surface area contributed by atoms with Gasteiger partial charge in [-0.15, -0.1) is 35.3 Å². The van der Waals surface area contributed by atoms with E-state index >= 15 is 0 Å². The number of nitrogens with zero attached hydrogens (tertiary/aromatic N) is 2. The van der Waals surface area contributed by atoms with Crippen LogP contribution in [0.15, 0.2) is 63.6 Å². The van der Waals surface area contributed by atoms with Gasteiger partial charge in [-0.3, -0.25) is 0 Å². The Kier molecular flexibility index (Phi) is 9.82. The molecule has 0 radical (unpaired) electrons. The monoisotopic (exact) mass is 564 g/mol. The molecular weight excluding hydrogens is 540 g/mol. The zero-order chi connectivity index (χ0) is 21.4. The number of thiazole rings is 1. The number of benzene rings is 1. The van der Waals surface area contributed by atoms with Crippen molar-refractivity contribution < 1.29 is 17.6 Å². The van der Waals surface area contributed by atoms with Gasteiger partial charge in [-0.05, 0) is 29.8 Å². The summed E-state index contributed by atoms with van der Waals surface area (Å²) in [4.78, 5) is 8.78. The predicted molar refractivity (Wildman–Crippen MR) is 127 cm³/mol. The van der Waals surface area contributed by atoms with Crippen LogP contribution in [-0.2, 0) is 19.1 Å². The average Bonchev–Trinajstić information content (AvgIpc) is 3.43. The van der Waals surface area contributed by atoms with Crippen molar-refractivity contribution in [1.82, 2.24) is 15.6 Å².